The molecule has 4 nitrogen and oxygen atoms in total. The molecule has 0 aromatic carbocycles. The third-order valence-electron chi connectivity index (χ3n) is 3.21. The molecule has 0 amide bonds. The lowest BCUT2D eigenvalue weighted by Gasteiger charge is -2.16. The lowest BCUT2D eigenvalue weighted by Crippen LogP contribution is -2.27. The van der Waals surface area contributed by atoms with Crippen LogP contribution in [0.1, 0.15) is 19.3 Å². The number of hydrogen-bond donors (Lipinski definition) is 1. The third-order valence-corrected chi connectivity index (χ3v) is 3.21. The number of rotatable bonds is 3. The van der Waals surface area contributed by atoms with Gasteiger partial charge in [0, 0.05) is 25.2 Å². The predicted molar refractivity (Wildman–Crippen MR) is 58.7 cm³/mol. The van der Waals surface area contributed by atoms with E-state index in [9.17, 15) is 0 Å². The van der Waals surface area contributed by atoms with E-state index in [2.05, 4.69) is 20.2 Å². The summed E-state index contributed by atoms with van der Waals surface area (Å²) in [5, 5.41) is 3.49. The summed E-state index contributed by atoms with van der Waals surface area (Å²) < 4.78 is 0. The predicted octanol–water partition coefficient (Wildman–Crippen LogP) is 1.13. The second-order valence-electron chi connectivity index (χ2n) is 4.48. The van der Waals surface area contributed by atoms with Crippen LogP contribution in [0, 0.1) is 0 Å². The largest absolute Gasteiger partial charge is 0.378 e. The molecule has 0 bridgehead atoms. The molecule has 0 radical (unpaired) electrons. The van der Waals surface area contributed by atoms with E-state index in [1.54, 1.807) is 6.33 Å². The van der Waals surface area contributed by atoms with Gasteiger partial charge in [0.1, 0.15) is 6.33 Å². The van der Waals surface area contributed by atoms with Crippen molar-refractivity contribution in [2.24, 2.45) is 0 Å². The van der Waals surface area contributed by atoms with Crippen molar-refractivity contribution in [1.29, 1.82) is 0 Å². The second kappa shape index (κ2) is 3.77. The highest BCUT2D eigenvalue weighted by atomic mass is 15.2. The van der Waals surface area contributed by atoms with E-state index in [4.69, 9.17) is 0 Å². The van der Waals surface area contributed by atoms with Crippen molar-refractivity contribution < 1.29 is 0 Å². The Morgan fingerprint density at radius 2 is 2.00 bits per heavy atom. The van der Waals surface area contributed by atoms with Crippen LogP contribution in [0.3, 0.4) is 0 Å². The van der Waals surface area contributed by atoms with Crippen LogP contribution < -0.4 is 5.32 Å². The fourth-order valence-corrected chi connectivity index (χ4v) is 2.29. The molecule has 1 aromatic rings. The summed E-state index contributed by atoms with van der Waals surface area (Å²) in [6, 6.07) is 1.47. The Balaban J connectivity index is 1.56. The Kier molecular flexibility index (Phi) is 2.29. The number of aromatic nitrogens is 2. The number of hydrogen-bond acceptors (Lipinski definition) is 4. The zero-order valence-electron chi connectivity index (χ0n) is 8.76. The summed E-state index contributed by atoms with van der Waals surface area (Å²) in [6.45, 7) is 2.43. The first-order chi connectivity index (χ1) is 7.42. The molecule has 2 fully saturated rings. The molecule has 15 heavy (non-hydrogen) atoms. The third kappa shape index (κ3) is 2.09. The van der Waals surface area contributed by atoms with Gasteiger partial charge < -0.3 is 5.32 Å². The maximum atomic E-state index is 4.01. The normalized spacial score (nSPS) is 26.8. The van der Waals surface area contributed by atoms with Crippen LogP contribution in [-0.4, -0.2) is 40.0 Å². The lowest BCUT2D eigenvalue weighted by atomic mass is 10.2. The van der Waals surface area contributed by atoms with Crippen LogP contribution in [0.15, 0.2) is 18.7 Å². The van der Waals surface area contributed by atoms with Gasteiger partial charge in [-0.15, -0.1) is 0 Å². The maximum absolute atomic E-state index is 4.01. The Bertz CT molecular complexity index is 323. The van der Waals surface area contributed by atoms with Gasteiger partial charge in [-0.25, -0.2) is 9.97 Å². The minimum Gasteiger partial charge on any atom is -0.378 e. The Hall–Kier alpha value is -1.16. The average Bonchev–Trinajstić information content (AvgIpc) is 3.02. The van der Waals surface area contributed by atoms with Crippen LogP contribution in [-0.2, 0) is 0 Å². The molecular formula is C11H16N4. The number of likely N-dealkylation sites (tertiary alicyclic amines) is 1. The van der Waals surface area contributed by atoms with Crippen LogP contribution in [0.5, 0.6) is 0 Å². The van der Waals surface area contributed by atoms with Gasteiger partial charge in [-0.3, -0.25) is 4.90 Å². The smallest absolute Gasteiger partial charge is 0.115 e. The van der Waals surface area contributed by atoms with E-state index >= 15 is 0 Å². The fraction of sp³-hybridized carbons (Fsp3) is 0.636. The van der Waals surface area contributed by atoms with Gasteiger partial charge in [0.25, 0.3) is 0 Å². The zero-order valence-corrected chi connectivity index (χ0v) is 8.76. The zero-order chi connectivity index (χ0) is 10.1. The standard InChI is InChI=1S/C11H16N4/c1-2-11(1)15-4-3-9(7-15)14-10-5-12-8-13-6-10/h5-6,8-9,11,14H,1-4,7H2. The van der Waals surface area contributed by atoms with E-state index in [0.29, 0.717) is 6.04 Å². The molecule has 80 valence electrons. The molecule has 1 aromatic heterocycles. The van der Waals surface area contributed by atoms with Gasteiger partial charge in [-0.2, -0.15) is 0 Å². The first kappa shape index (κ1) is 9.09. The highest BCUT2D eigenvalue weighted by molar-refractivity contribution is 5.38. The summed E-state index contributed by atoms with van der Waals surface area (Å²) in [4.78, 5) is 10.6. The highest BCUT2D eigenvalue weighted by Crippen LogP contribution is 2.30. The van der Waals surface area contributed by atoms with Crippen molar-refractivity contribution in [2.45, 2.75) is 31.3 Å². The monoisotopic (exact) mass is 204 g/mol. The molecule has 1 N–H and O–H groups in total. The molecule has 2 heterocycles. The molecule has 3 rings (SSSR count). The molecule has 4 heteroatoms. The van der Waals surface area contributed by atoms with Gasteiger partial charge in [0.15, 0.2) is 0 Å². The van der Waals surface area contributed by atoms with Crippen molar-refractivity contribution in [1.82, 2.24) is 14.9 Å². The van der Waals surface area contributed by atoms with Crippen LogP contribution in [0.2, 0.25) is 0 Å². The fourth-order valence-electron chi connectivity index (χ4n) is 2.29. The quantitative estimate of drug-likeness (QED) is 0.801. The highest BCUT2D eigenvalue weighted by Gasteiger charge is 2.34. The number of nitrogens with one attached hydrogen (secondary N) is 1. The van der Waals surface area contributed by atoms with Crippen molar-refractivity contribution in [3.63, 3.8) is 0 Å². The van der Waals surface area contributed by atoms with E-state index in [-0.39, 0.29) is 0 Å². The summed E-state index contributed by atoms with van der Waals surface area (Å²) >= 11 is 0. The minimum atomic E-state index is 0.580. The van der Waals surface area contributed by atoms with Gasteiger partial charge in [0.2, 0.25) is 0 Å². The second-order valence-corrected chi connectivity index (χ2v) is 4.48. The van der Waals surface area contributed by atoms with E-state index < -0.39 is 0 Å². The van der Waals surface area contributed by atoms with Crippen molar-refractivity contribution in [2.75, 3.05) is 18.4 Å². The average molecular weight is 204 g/mol. The van der Waals surface area contributed by atoms with Gasteiger partial charge in [0.05, 0.1) is 18.1 Å². The summed E-state index contributed by atoms with van der Waals surface area (Å²) in [5.41, 5.74) is 1.04. The molecular weight excluding hydrogens is 188 g/mol. The molecule has 1 atom stereocenters. The van der Waals surface area contributed by atoms with E-state index in [1.807, 2.05) is 12.4 Å². The Morgan fingerprint density at radius 1 is 1.20 bits per heavy atom. The molecule has 2 aliphatic rings. The lowest BCUT2D eigenvalue weighted by molar-refractivity contribution is 0.326. The van der Waals surface area contributed by atoms with Crippen LogP contribution in [0.25, 0.3) is 0 Å². The summed E-state index contributed by atoms with van der Waals surface area (Å²) in [6.07, 6.45) is 9.30. The number of anilines is 1. The van der Waals surface area contributed by atoms with Gasteiger partial charge >= 0.3 is 0 Å². The van der Waals surface area contributed by atoms with Gasteiger partial charge in [-0.1, -0.05) is 0 Å². The van der Waals surface area contributed by atoms with E-state index in [1.165, 1.54) is 32.4 Å². The Morgan fingerprint density at radius 3 is 2.73 bits per heavy atom. The summed E-state index contributed by atoms with van der Waals surface area (Å²) in [7, 11) is 0. The molecule has 0 spiro atoms. The molecule has 1 saturated carbocycles. The summed E-state index contributed by atoms with van der Waals surface area (Å²) in [5.74, 6) is 0. The minimum absolute atomic E-state index is 0.580. The van der Waals surface area contributed by atoms with Crippen molar-refractivity contribution in [3.8, 4) is 0 Å². The van der Waals surface area contributed by atoms with E-state index in [0.717, 1.165) is 11.7 Å². The van der Waals surface area contributed by atoms with Crippen molar-refractivity contribution in [3.05, 3.63) is 18.7 Å². The first-order valence-corrected chi connectivity index (χ1v) is 5.67. The molecule has 1 unspecified atom stereocenters. The van der Waals surface area contributed by atoms with Crippen LogP contribution >= 0.6 is 0 Å². The molecule has 1 saturated heterocycles. The Labute approximate surface area is 89.7 Å². The topological polar surface area (TPSA) is 41.1 Å². The first-order valence-electron chi connectivity index (χ1n) is 5.67. The maximum Gasteiger partial charge on any atom is 0.115 e. The molecule has 1 aliphatic heterocycles. The number of nitrogens with zero attached hydrogens (tertiary/aromatic N) is 3. The molecule has 1 aliphatic carbocycles. The SMILES string of the molecule is c1ncc(NC2CCN(C3CC3)C2)cn1. The van der Waals surface area contributed by atoms with Crippen LogP contribution in [0.4, 0.5) is 5.69 Å². The van der Waals surface area contributed by atoms with Gasteiger partial charge in [-0.05, 0) is 19.3 Å². The van der Waals surface area contributed by atoms with Crippen molar-refractivity contribution >= 4 is 5.69 Å².